The van der Waals surface area contributed by atoms with E-state index < -0.39 is 0 Å². The van der Waals surface area contributed by atoms with Gasteiger partial charge in [-0.25, -0.2) is 0 Å². The van der Waals surface area contributed by atoms with E-state index in [4.69, 9.17) is 10.5 Å². The molecular formula is C16H14N2O. The van der Waals surface area contributed by atoms with E-state index in [1.54, 1.807) is 6.20 Å². The van der Waals surface area contributed by atoms with Crippen molar-refractivity contribution in [3.63, 3.8) is 0 Å². The van der Waals surface area contributed by atoms with Gasteiger partial charge in [-0.3, -0.25) is 4.98 Å². The Morgan fingerprint density at radius 3 is 2.58 bits per heavy atom. The first-order chi connectivity index (χ1) is 9.24. The molecule has 1 heterocycles. The second-order valence-electron chi connectivity index (χ2n) is 4.45. The monoisotopic (exact) mass is 250 g/mol. The smallest absolute Gasteiger partial charge is 0.153 e. The van der Waals surface area contributed by atoms with E-state index >= 15 is 0 Å². The van der Waals surface area contributed by atoms with Gasteiger partial charge in [0, 0.05) is 17.3 Å². The normalized spacial score (nSPS) is 10.6. The molecule has 0 aliphatic carbocycles. The number of nitrogens with zero attached hydrogens (tertiary/aromatic N) is 1. The number of hydrogen-bond acceptors (Lipinski definition) is 3. The van der Waals surface area contributed by atoms with E-state index in [0.29, 0.717) is 0 Å². The van der Waals surface area contributed by atoms with Crippen LogP contribution in [0.15, 0.2) is 54.7 Å². The molecule has 0 unspecified atom stereocenters. The molecule has 0 saturated heterocycles. The number of aromatic nitrogens is 1. The van der Waals surface area contributed by atoms with E-state index in [1.807, 2.05) is 48.5 Å². The van der Waals surface area contributed by atoms with E-state index in [-0.39, 0.29) is 0 Å². The number of anilines is 1. The summed E-state index contributed by atoms with van der Waals surface area (Å²) in [6.07, 6.45) is 1.80. The molecular weight excluding hydrogens is 236 g/mol. The molecule has 0 atom stereocenters. The molecule has 0 amide bonds. The predicted molar refractivity (Wildman–Crippen MR) is 77.4 cm³/mol. The Kier molecular flexibility index (Phi) is 2.80. The summed E-state index contributed by atoms with van der Waals surface area (Å²) in [6.45, 7) is 2.07. The number of hydrogen-bond donors (Lipinski definition) is 1. The molecule has 3 rings (SSSR count). The Balaban J connectivity index is 2.06. The maximum absolute atomic E-state index is 5.88. The van der Waals surface area contributed by atoms with Crippen LogP contribution in [0.3, 0.4) is 0 Å². The molecule has 0 spiro atoms. The fraction of sp³-hybridized carbons (Fsp3) is 0.0625. The van der Waals surface area contributed by atoms with Crippen molar-refractivity contribution in [1.29, 1.82) is 0 Å². The zero-order valence-electron chi connectivity index (χ0n) is 10.6. The third kappa shape index (κ3) is 2.22. The highest BCUT2D eigenvalue weighted by Crippen LogP contribution is 2.29. The van der Waals surface area contributed by atoms with Gasteiger partial charge in [0.1, 0.15) is 11.3 Å². The summed E-state index contributed by atoms with van der Waals surface area (Å²) in [5.74, 6) is 1.51. The van der Waals surface area contributed by atoms with Crippen LogP contribution >= 0.6 is 0 Å². The Hall–Kier alpha value is -2.55. The second kappa shape index (κ2) is 4.61. The highest BCUT2D eigenvalue weighted by molar-refractivity contribution is 5.87. The Morgan fingerprint density at radius 1 is 1.00 bits per heavy atom. The Labute approximate surface area is 111 Å². The number of nitrogen functional groups attached to an aromatic ring is 1. The quantitative estimate of drug-likeness (QED) is 0.701. The molecule has 0 saturated carbocycles. The summed E-state index contributed by atoms with van der Waals surface area (Å²) < 4.78 is 5.88. The van der Waals surface area contributed by atoms with Gasteiger partial charge in [0.2, 0.25) is 0 Å². The van der Waals surface area contributed by atoms with E-state index in [9.17, 15) is 0 Å². The number of para-hydroxylation sites is 1. The van der Waals surface area contributed by atoms with Crippen molar-refractivity contribution >= 4 is 16.6 Å². The summed E-state index contributed by atoms with van der Waals surface area (Å²) in [5, 5.41) is 1.11. The first kappa shape index (κ1) is 11.5. The number of nitrogens with two attached hydrogens (primary N) is 1. The molecule has 94 valence electrons. The van der Waals surface area contributed by atoms with Crippen LogP contribution in [0.1, 0.15) is 5.56 Å². The number of aryl methyl sites for hydroxylation is 1. The van der Waals surface area contributed by atoms with Gasteiger partial charge < -0.3 is 10.5 Å². The molecule has 0 aliphatic rings. The maximum atomic E-state index is 5.88. The van der Waals surface area contributed by atoms with Gasteiger partial charge in [-0.05, 0) is 48.9 Å². The summed E-state index contributed by atoms with van der Waals surface area (Å²) in [6, 6.07) is 15.3. The number of benzene rings is 2. The maximum Gasteiger partial charge on any atom is 0.153 e. The third-order valence-electron chi connectivity index (χ3n) is 3.06. The molecule has 0 bridgehead atoms. The molecule has 1 aromatic heterocycles. The number of rotatable bonds is 2. The van der Waals surface area contributed by atoms with Crippen LogP contribution in [0, 0.1) is 6.92 Å². The van der Waals surface area contributed by atoms with Crippen molar-refractivity contribution in [1.82, 2.24) is 4.98 Å². The second-order valence-corrected chi connectivity index (χ2v) is 4.45. The minimum absolute atomic E-state index is 0.722. The van der Waals surface area contributed by atoms with Crippen LogP contribution in [0.2, 0.25) is 0 Å². The fourth-order valence-electron chi connectivity index (χ4n) is 2.03. The third-order valence-corrected chi connectivity index (χ3v) is 3.06. The van der Waals surface area contributed by atoms with Crippen molar-refractivity contribution in [3.05, 3.63) is 60.3 Å². The summed E-state index contributed by atoms with van der Waals surface area (Å²) >= 11 is 0. The molecule has 19 heavy (non-hydrogen) atoms. The molecule has 3 aromatic rings. The first-order valence-corrected chi connectivity index (χ1v) is 6.12. The van der Waals surface area contributed by atoms with Gasteiger partial charge in [-0.2, -0.15) is 0 Å². The minimum atomic E-state index is 0.722. The van der Waals surface area contributed by atoms with Crippen molar-refractivity contribution in [2.75, 3.05) is 5.73 Å². The van der Waals surface area contributed by atoms with E-state index in [2.05, 4.69) is 11.9 Å². The Morgan fingerprint density at radius 2 is 1.79 bits per heavy atom. The zero-order chi connectivity index (χ0) is 13.2. The summed E-state index contributed by atoms with van der Waals surface area (Å²) in [4.78, 5) is 4.41. The van der Waals surface area contributed by atoms with Crippen LogP contribution in [0.5, 0.6) is 11.5 Å². The van der Waals surface area contributed by atoms with Crippen LogP contribution < -0.4 is 10.5 Å². The number of pyridine rings is 1. The topological polar surface area (TPSA) is 48.1 Å². The molecule has 3 heteroatoms. The van der Waals surface area contributed by atoms with Gasteiger partial charge >= 0.3 is 0 Å². The SMILES string of the molecule is Cc1ccnc2c(Oc3ccc(N)cc3)cccc12. The molecule has 2 aromatic carbocycles. The lowest BCUT2D eigenvalue weighted by molar-refractivity contribution is 0.487. The summed E-state index contributed by atoms with van der Waals surface area (Å²) in [5.41, 5.74) is 8.45. The van der Waals surface area contributed by atoms with Crippen molar-refractivity contribution in [3.8, 4) is 11.5 Å². The molecule has 2 N–H and O–H groups in total. The van der Waals surface area contributed by atoms with Crippen LogP contribution in [-0.4, -0.2) is 4.98 Å². The molecule has 0 fully saturated rings. The van der Waals surface area contributed by atoms with Gasteiger partial charge in [-0.15, -0.1) is 0 Å². The fourth-order valence-corrected chi connectivity index (χ4v) is 2.03. The minimum Gasteiger partial charge on any atom is -0.455 e. The van der Waals surface area contributed by atoms with Gasteiger partial charge in [-0.1, -0.05) is 12.1 Å². The molecule has 3 nitrogen and oxygen atoms in total. The molecule has 0 radical (unpaired) electrons. The highest BCUT2D eigenvalue weighted by Gasteiger charge is 2.06. The largest absolute Gasteiger partial charge is 0.455 e. The van der Waals surface area contributed by atoms with Crippen LogP contribution in [-0.2, 0) is 0 Å². The average molecular weight is 250 g/mol. The average Bonchev–Trinajstić information content (AvgIpc) is 2.43. The van der Waals surface area contributed by atoms with Gasteiger partial charge in [0.05, 0.1) is 0 Å². The van der Waals surface area contributed by atoms with E-state index in [1.165, 1.54) is 5.56 Å². The highest BCUT2D eigenvalue weighted by atomic mass is 16.5. The lowest BCUT2D eigenvalue weighted by Gasteiger charge is -2.09. The zero-order valence-corrected chi connectivity index (χ0v) is 10.6. The lowest BCUT2D eigenvalue weighted by Crippen LogP contribution is -1.90. The summed E-state index contributed by atoms with van der Waals surface area (Å²) in [7, 11) is 0. The van der Waals surface area contributed by atoms with Gasteiger partial charge in [0.25, 0.3) is 0 Å². The van der Waals surface area contributed by atoms with Crippen molar-refractivity contribution < 1.29 is 4.74 Å². The lowest BCUT2D eigenvalue weighted by atomic mass is 10.1. The van der Waals surface area contributed by atoms with Gasteiger partial charge in [0.15, 0.2) is 5.75 Å². The first-order valence-electron chi connectivity index (χ1n) is 6.12. The number of ether oxygens (including phenoxy) is 1. The molecule has 0 aliphatic heterocycles. The standard InChI is InChI=1S/C16H14N2O/c1-11-9-10-18-16-14(11)3-2-4-15(16)19-13-7-5-12(17)6-8-13/h2-10H,17H2,1H3. The van der Waals surface area contributed by atoms with Crippen LogP contribution in [0.25, 0.3) is 10.9 Å². The van der Waals surface area contributed by atoms with Crippen molar-refractivity contribution in [2.24, 2.45) is 0 Å². The van der Waals surface area contributed by atoms with Crippen LogP contribution in [0.4, 0.5) is 5.69 Å². The van der Waals surface area contributed by atoms with E-state index in [0.717, 1.165) is 28.1 Å². The number of fused-ring (bicyclic) bond motifs is 1. The Bertz CT molecular complexity index is 720. The predicted octanol–water partition coefficient (Wildman–Crippen LogP) is 3.92. The van der Waals surface area contributed by atoms with Crippen molar-refractivity contribution in [2.45, 2.75) is 6.92 Å².